The lowest BCUT2D eigenvalue weighted by Gasteiger charge is -2.06. The Hall–Kier alpha value is -1.09. The molecule has 1 amide bonds. The van der Waals surface area contributed by atoms with Crippen molar-refractivity contribution < 1.29 is 4.79 Å². The first-order valence-corrected chi connectivity index (χ1v) is 4.70. The molecule has 0 atom stereocenters. The quantitative estimate of drug-likeness (QED) is 0.631. The van der Waals surface area contributed by atoms with Crippen molar-refractivity contribution in [3.8, 4) is 0 Å². The molecule has 0 radical (unpaired) electrons. The Balaban J connectivity index is 2.14. The van der Waals surface area contributed by atoms with E-state index in [1.807, 2.05) is 6.07 Å². The summed E-state index contributed by atoms with van der Waals surface area (Å²) in [6, 6.07) is 4.12. The molecule has 0 N–H and O–H groups in total. The van der Waals surface area contributed by atoms with Gasteiger partial charge in [0, 0.05) is 18.0 Å². The Labute approximate surface area is 75.1 Å². The van der Waals surface area contributed by atoms with Crippen LogP contribution in [0.2, 0.25) is 0 Å². The van der Waals surface area contributed by atoms with Gasteiger partial charge in [0.15, 0.2) is 0 Å². The van der Waals surface area contributed by atoms with E-state index in [0.717, 1.165) is 19.5 Å². The molecule has 3 heteroatoms. The third-order valence-corrected chi connectivity index (χ3v) is 2.88. The predicted octanol–water partition coefficient (Wildman–Crippen LogP) is 1.60. The smallest absolute Gasteiger partial charge is 0.210 e. The summed E-state index contributed by atoms with van der Waals surface area (Å²) < 4.78 is 0. The molecule has 0 unspecified atom stereocenters. The summed E-state index contributed by atoms with van der Waals surface area (Å²) in [5.41, 5.74) is 1.28. The van der Waals surface area contributed by atoms with Crippen LogP contribution in [0.5, 0.6) is 0 Å². The Bertz CT molecular complexity index is 302. The van der Waals surface area contributed by atoms with Gasteiger partial charge in [-0.05, 0) is 17.0 Å². The molecular formula is C9H9NOS. The number of amides is 1. The highest BCUT2D eigenvalue weighted by Crippen LogP contribution is 2.23. The van der Waals surface area contributed by atoms with Crippen molar-refractivity contribution in [1.29, 1.82) is 0 Å². The SMILES string of the molecule is O=CN1CC=C(c2cccs2)C1. The molecule has 0 saturated heterocycles. The van der Waals surface area contributed by atoms with Crippen LogP contribution in [-0.2, 0) is 4.79 Å². The van der Waals surface area contributed by atoms with E-state index in [9.17, 15) is 4.79 Å². The maximum atomic E-state index is 10.4. The molecule has 1 aromatic rings. The van der Waals surface area contributed by atoms with Gasteiger partial charge in [-0.3, -0.25) is 4.79 Å². The van der Waals surface area contributed by atoms with Crippen LogP contribution in [0.25, 0.3) is 5.57 Å². The van der Waals surface area contributed by atoms with Gasteiger partial charge < -0.3 is 4.90 Å². The second kappa shape index (κ2) is 3.11. The molecule has 0 aliphatic carbocycles. The summed E-state index contributed by atoms with van der Waals surface area (Å²) in [5, 5.41) is 2.06. The van der Waals surface area contributed by atoms with Crippen molar-refractivity contribution in [3.05, 3.63) is 28.5 Å². The van der Waals surface area contributed by atoms with E-state index in [4.69, 9.17) is 0 Å². The Morgan fingerprint density at radius 2 is 2.50 bits per heavy atom. The van der Waals surface area contributed by atoms with Crippen molar-refractivity contribution >= 4 is 23.3 Å². The van der Waals surface area contributed by atoms with E-state index in [0.29, 0.717) is 0 Å². The molecule has 0 aromatic carbocycles. The largest absolute Gasteiger partial charge is 0.337 e. The molecule has 0 saturated carbocycles. The van der Waals surface area contributed by atoms with Crippen LogP contribution in [0.1, 0.15) is 4.88 Å². The van der Waals surface area contributed by atoms with E-state index in [2.05, 4.69) is 17.5 Å². The lowest BCUT2D eigenvalue weighted by molar-refractivity contribution is -0.116. The molecule has 0 bridgehead atoms. The number of carbonyl (C=O) groups is 1. The summed E-state index contributed by atoms with van der Waals surface area (Å²) in [6.07, 6.45) is 3.01. The molecular weight excluding hydrogens is 170 g/mol. The number of carbonyl (C=O) groups excluding carboxylic acids is 1. The minimum Gasteiger partial charge on any atom is -0.337 e. The highest BCUT2D eigenvalue weighted by atomic mass is 32.1. The van der Waals surface area contributed by atoms with Crippen LogP contribution in [0.4, 0.5) is 0 Å². The zero-order chi connectivity index (χ0) is 8.39. The average molecular weight is 179 g/mol. The van der Waals surface area contributed by atoms with E-state index < -0.39 is 0 Å². The van der Waals surface area contributed by atoms with Crippen LogP contribution in [0.15, 0.2) is 23.6 Å². The van der Waals surface area contributed by atoms with Crippen molar-refractivity contribution in [2.75, 3.05) is 13.1 Å². The van der Waals surface area contributed by atoms with Gasteiger partial charge in [0.05, 0.1) is 0 Å². The molecule has 1 aliphatic rings. The van der Waals surface area contributed by atoms with Gasteiger partial charge in [0.2, 0.25) is 6.41 Å². The fraction of sp³-hybridized carbons (Fsp3) is 0.222. The molecule has 2 rings (SSSR count). The van der Waals surface area contributed by atoms with E-state index in [1.165, 1.54) is 10.5 Å². The third kappa shape index (κ3) is 1.28. The summed E-state index contributed by atoms with van der Waals surface area (Å²) >= 11 is 1.72. The van der Waals surface area contributed by atoms with E-state index in [-0.39, 0.29) is 0 Å². The lowest BCUT2D eigenvalue weighted by Crippen LogP contribution is -2.17. The van der Waals surface area contributed by atoms with Gasteiger partial charge >= 0.3 is 0 Å². The summed E-state index contributed by atoms with van der Waals surface area (Å²) in [5.74, 6) is 0. The van der Waals surface area contributed by atoms with Gasteiger partial charge in [0.25, 0.3) is 0 Å². The standard InChI is InChI=1S/C9H9NOS/c11-7-10-4-3-8(6-10)9-2-1-5-12-9/h1-3,5,7H,4,6H2. The van der Waals surface area contributed by atoms with Crippen molar-refractivity contribution in [2.24, 2.45) is 0 Å². The fourth-order valence-electron chi connectivity index (χ4n) is 1.30. The van der Waals surface area contributed by atoms with E-state index in [1.54, 1.807) is 16.2 Å². The monoisotopic (exact) mass is 179 g/mol. The summed E-state index contributed by atoms with van der Waals surface area (Å²) in [4.78, 5) is 13.5. The second-order valence-electron chi connectivity index (χ2n) is 2.74. The zero-order valence-electron chi connectivity index (χ0n) is 6.56. The third-order valence-electron chi connectivity index (χ3n) is 1.93. The minimum absolute atomic E-state index is 0.761. The summed E-state index contributed by atoms with van der Waals surface area (Å²) in [7, 11) is 0. The van der Waals surface area contributed by atoms with Gasteiger partial charge in [0.1, 0.15) is 0 Å². The molecule has 62 valence electrons. The van der Waals surface area contributed by atoms with Crippen LogP contribution >= 0.6 is 11.3 Å². The first-order valence-electron chi connectivity index (χ1n) is 3.82. The number of thiophene rings is 1. The average Bonchev–Trinajstić information content (AvgIpc) is 2.75. The topological polar surface area (TPSA) is 20.3 Å². The highest BCUT2D eigenvalue weighted by molar-refractivity contribution is 7.11. The Kier molecular flexibility index (Phi) is 1.96. The molecule has 2 nitrogen and oxygen atoms in total. The van der Waals surface area contributed by atoms with Gasteiger partial charge in [-0.15, -0.1) is 11.3 Å². The van der Waals surface area contributed by atoms with Gasteiger partial charge in [-0.2, -0.15) is 0 Å². The lowest BCUT2D eigenvalue weighted by atomic mass is 10.2. The van der Waals surface area contributed by atoms with E-state index >= 15 is 0 Å². The minimum atomic E-state index is 0.761. The van der Waals surface area contributed by atoms with Gasteiger partial charge in [-0.25, -0.2) is 0 Å². The molecule has 0 fully saturated rings. The Morgan fingerprint density at radius 1 is 1.58 bits per heavy atom. The van der Waals surface area contributed by atoms with Crippen LogP contribution in [0.3, 0.4) is 0 Å². The van der Waals surface area contributed by atoms with Crippen LogP contribution < -0.4 is 0 Å². The molecule has 1 aliphatic heterocycles. The molecule has 0 spiro atoms. The number of rotatable bonds is 2. The predicted molar refractivity (Wildman–Crippen MR) is 49.9 cm³/mol. The Morgan fingerprint density at radius 3 is 3.08 bits per heavy atom. The maximum Gasteiger partial charge on any atom is 0.210 e. The molecule has 1 aromatic heterocycles. The normalized spacial score (nSPS) is 16.3. The number of hydrogen-bond acceptors (Lipinski definition) is 2. The fourth-order valence-corrected chi connectivity index (χ4v) is 2.06. The second-order valence-corrected chi connectivity index (χ2v) is 3.69. The number of nitrogens with zero attached hydrogens (tertiary/aromatic N) is 1. The van der Waals surface area contributed by atoms with Crippen LogP contribution in [-0.4, -0.2) is 24.4 Å². The first kappa shape index (κ1) is 7.55. The molecule has 12 heavy (non-hydrogen) atoms. The number of hydrogen-bond donors (Lipinski definition) is 0. The van der Waals surface area contributed by atoms with Crippen molar-refractivity contribution in [1.82, 2.24) is 4.90 Å². The van der Waals surface area contributed by atoms with Gasteiger partial charge in [-0.1, -0.05) is 12.1 Å². The van der Waals surface area contributed by atoms with Crippen molar-refractivity contribution in [2.45, 2.75) is 0 Å². The first-order chi connectivity index (χ1) is 5.90. The summed E-state index contributed by atoms with van der Waals surface area (Å²) in [6.45, 7) is 1.53. The highest BCUT2D eigenvalue weighted by Gasteiger charge is 2.13. The zero-order valence-corrected chi connectivity index (χ0v) is 7.38. The maximum absolute atomic E-state index is 10.4. The van der Waals surface area contributed by atoms with Crippen molar-refractivity contribution in [3.63, 3.8) is 0 Å². The molecule has 2 heterocycles. The van der Waals surface area contributed by atoms with Crippen LogP contribution in [0, 0.1) is 0 Å².